The number of nitrogen functional groups attached to an aromatic ring is 1. The van der Waals surface area contributed by atoms with Gasteiger partial charge in [-0.25, -0.2) is 4.79 Å². The third kappa shape index (κ3) is 12.1. The van der Waals surface area contributed by atoms with E-state index in [2.05, 4.69) is 46.0 Å². The fourth-order valence-electron chi connectivity index (χ4n) is 5.40. The zero-order valence-electron chi connectivity index (χ0n) is 25.9. The van der Waals surface area contributed by atoms with Gasteiger partial charge in [-0.2, -0.15) is 0 Å². The van der Waals surface area contributed by atoms with Crippen LogP contribution in [-0.4, -0.2) is 49.7 Å². The minimum atomic E-state index is -0.317. The first kappa shape index (κ1) is 37.1. The zero-order valence-corrected chi connectivity index (χ0v) is 27.5. The van der Waals surface area contributed by atoms with Crippen molar-refractivity contribution in [1.29, 1.82) is 0 Å². The van der Waals surface area contributed by atoms with Crippen molar-refractivity contribution in [2.24, 2.45) is 0 Å². The van der Waals surface area contributed by atoms with Crippen molar-refractivity contribution in [2.75, 3.05) is 32.6 Å². The van der Waals surface area contributed by atoms with Gasteiger partial charge < -0.3 is 19.9 Å². The number of rotatable bonds is 13. The lowest BCUT2D eigenvalue weighted by Crippen LogP contribution is -2.36. The van der Waals surface area contributed by atoms with Crippen LogP contribution in [0.1, 0.15) is 95.0 Å². The maximum Gasteiger partial charge on any atom is 0.338 e. The van der Waals surface area contributed by atoms with Gasteiger partial charge in [-0.3, -0.25) is 9.69 Å². The number of hydrogen-bond donors (Lipinski definition) is 1. The third-order valence-electron chi connectivity index (χ3n) is 7.86. The van der Waals surface area contributed by atoms with Gasteiger partial charge >= 0.3 is 11.9 Å². The van der Waals surface area contributed by atoms with Crippen LogP contribution < -0.4 is 10.5 Å². The number of carbonyl (C=O) groups is 2. The van der Waals surface area contributed by atoms with Gasteiger partial charge in [0.2, 0.25) is 0 Å². The second-order valence-corrected chi connectivity index (χ2v) is 11.8. The Morgan fingerprint density at radius 1 is 0.909 bits per heavy atom. The quantitative estimate of drug-likeness (QED) is 0.110. The van der Waals surface area contributed by atoms with Crippen LogP contribution in [-0.2, 0) is 20.8 Å². The van der Waals surface area contributed by atoms with E-state index in [9.17, 15) is 9.59 Å². The molecule has 4 rings (SSSR count). The van der Waals surface area contributed by atoms with Gasteiger partial charge in [0.25, 0.3) is 0 Å². The molecule has 1 aliphatic carbocycles. The van der Waals surface area contributed by atoms with Crippen molar-refractivity contribution in [1.82, 2.24) is 4.90 Å². The molecule has 2 N–H and O–H groups in total. The minimum absolute atomic E-state index is 0. The van der Waals surface area contributed by atoms with Crippen molar-refractivity contribution in [3.05, 3.63) is 70.2 Å². The van der Waals surface area contributed by atoms with Crippen LogP contribution in [0.3, 0.4) is 0 Å². The highest BCUT2D eigenvalue weighted by atomic mass is 79.9. The van der Waals surface area contributed by atoms with Gasteiger partial charge in [-0.1, -0.05) is 63.9 Å². The van der Waals surface area contributed by atoms with E-state index in [-0.39, 0.29) is 19.4 Å². The fourth-order valence-corrected chi connectivity index (χ4v) is 5.90. The Bertz CT molecular complexity index is 1310. The smallest absolute Gasteiger partial charge is 0.338 e. The van der Waals surface area contributed by atoms with Gasteiger partial charge in [0.1, 0.15) is 5.75 Å². The average molecular weight is 672 g/mol. The molecule has 0 atom stereocenters. The summed E-state index contributed by atoms with van der Waals surface area (Å²) in [6, 6.07) is 18.5. The summed E-state index contributed by atoms with van der Waals surface area (Å²) in [6.07, 6.45) is 9.86. The molecule has 0 spiro atoms. The minimum Gasteiger partial charge on any atom is -0.497 e. The van der Waals surface area contributed by atoms with E-state index in [1.54, 1.807) is 13.2 Å². The number of hydrogen-bond acceptors (Lipinski definition) is 7. The van der Waals surface area contributed by atoms with Gasteiger partial charge in [-0.15, -0.1) is 0 Å². The van der Waals surface area contributed by atoms with Crippen molar-refractivity contribution in [2.45, 2.75) is 91.6 Å². The fraction of sp³-hybridized carbons (Fsp3) is 0.500. The van der Waals surface area contributed by atoms with E-state index in [1.807, 2.05) is 30.3 Å². The number of carbonyl (C=O) groups excluding carboxylic acids is 2. The molecule has 0 amide bonds. The van der Waals surface area contributed by atoms with E-state index < -0.39 is 0 Å². The Labute approximate surface area is 272 Å². The second kappa shape index (κ2) is 20.0. The second-order valence-electron chi connectivity index (χ2n) is 11.0. The van der Waals surface area contributed by atoms with Gasteiger partial charge in [0, 0.05) is 24.0 Å². The molecule has 0 heterocycles. The van der Waals surface area contributed by atoms with Crippen molar-refractivity contribution in [3.63, 3.8) is 0 Å². The summed E-state index contributed by atoms with van der Waals surface area (Å²) in [5.74, 6) is 0.347. The molecule has 8 heteroatoms. The van der Waals surface area contributed by atoms with Crippen LogP contribution >= 0.6 is 15.9 Å². The summed E-state index contributed by atoms with van der Waals surface area (Å²) in [5.41, 5.74) is 8.52. The number of methoxy groups -OCH3 is 1. The molecule has 1 saturated carbocycles. The molecule has 0 saturated heterocycles. The molecule has 3 aromatic carbocycles. The number of esters is 2. The first-order valence-electron chi connectivity index (χ1n) is 15.5. The number of unbranched alkanes of at least 4 members (excludes halogenated alkanes) is 3. The highest BCUT2D eigenvalue weighted by Crippen LogP contribution is 2.30. The molecule has 44 heavy (non-hydrogen) atoms. The number of fused-ring (bicyclic) bond motifs is 1. The van der Waals surface area contributed by atoms with Crippen molar-refractivity contribution < 1.29 is 23.8 Å². The highest BCUT2D eigenvalue weighted by molar-refractivity contribution is 9.10. The SMILES string of the molecule is C.CCN(Cc1cc(C(=O)OCCCCCCOC(C)=O)cc(Br)c1N)C1CCCCC1.COc1ccc2ccccc2c1. The first-order chi connectivity index (χ1) is 20.8. The van der Waals surface area contributed by atoms with E-state index in [1.165, 1.54) is 49.8 Å². The lowest BCUT2D eigenvalue weighted by atomic mass is 9.93. The Morgan fingerprint density at radius 3 is 2.20 bits per heavy atom. The van der Waals surface area contributed by atoms with Crippen molar-refractivity contribution >= 4 is 44.3 Å². The zero-order chi connectivity index (χ0) is 31.0. The standard InChI is InChI=1S/C24H37BrN2O4.C11H10O.CH4/c1-3-27(21-11-7-6-8-12-21)17-20-15-19(16-22(25)23(20)26)24(29)31-14-10-5-4-9-13-30-18(2)28;1-12-11-7-6-9-4-2-3-5-10(9)8-11;/h15-16,21H,3-14,17,26H2,1-2H3;2-8H,1H3;1H4. The number of benzene rings is 3. The first-order valence-corrected chi connectivity index (χ1v) is 16.3. The number of halogens is 1. The molecule has 0 unspecified atom stereocenters. The molecule has 0 aliphatic heterocycles. The molecule has 242 valence electrons. The molecule has 0 bridgehead atoms. The molecule has 0 radical (unpaired) electrons. The van der Waals surface area contributed by atoms with Gasteiger partial charge in [0.15, 0.2) is 0 Å². The van der Waals surface area contributed by atoms with E-state index >= 15 is 0 Å². The molecule has 0 aromatic heterocycles. The van der Waals surface area contributed by atoms with Crippen molar-refractivity contribution in [3.8, 4) is 5.75 Å². The number of nitrogens with two attached hydrogens (primary N) is 1. The largest absolute Gasteiger partial charge is 0.497 e. The molecule has 1 fully saturated rings. The molecule has 1 aliphatic rings. The third-order valence-corrected chi connectivity index (χ3v) is 8.51. The lowest BCUT2D eigenvalue weighted by molar-refractivity contribution is -0.141. The Hall–Kier alpha value is -3.10. The molecule has 3 aromatic rings. The van der Waals surface area contributed by atoms with Crippen LogP contribution in [0.25, 0.3) is 10.8 Å². The Kier molecular flexibility index (Phi) is 16.9. The predicted molar refractivity (Wildman–Crippen MR) is 184 cm³/mol. The normalized spacial score (nSPS) is 13.0. The Morgan fingerprint density at radius 2 is 1.57 bits per heavy atom. The summed E-state index contributed by atoms with van der Waals surface area (Å²) < 4.78 is 16.2. The van der Waals surface area contributed by atoms with E-state index in [0.717, 1.165) is 54.6 Å². The van der Waals surface area contributed by atoms with Crippen LogP contribution in [0.4, 0.5) is 5.69 Å². The topological polar surface area (TPSA) is 91.1 Å². The maximum atomic E-state index is 12.6. The van der Waals surface area contributed by atoms with E-state index in [4.69, 9.17) is 19.9 Å². The molecule has 7 nitrogen and oxygen atoms in total. The summed E-state index contributed by atoms with van der Waals surface area (Å²) in [6.45, 7) is 6.14. The Balaban J connectivity index is 0.000000430. The van der Waals surface area contributed by atoms with E-state index in [0.29, 0.717) is 30.5 Å². The molecular weight excluding hydrogens is 620 g/mol. The van der Waals surface area contributed by atoms with Crippen LogP contribution in [0.2, 0.25) is 0 Å². The monoisotopic (exact) mass is 670 g/mol. The van der Waals surface area contributed by atoms with Gasteiger partial charge in [-0.05, 0) is 102 Å². The van der Waals surface area contributed by atoms with Gasteiger partial charge in [0.05, 0.1) is 31.6 Å². The number of anilines is 1. The number of ether oxygens (including phenoxy) is 3. The summed E-state index contributed by atoms with van der Waals surface area (Å²) >= 11 is 3.51. The lowest BCUT2D eigenvalue weighted by Gasteiger charge is -2.34. The van der Waals surface area contributed by atoms with Crippen LogP contribution in [0.5, 0.6) is 5.75 Å². The molecular formula is C36H51BrN2O5. The highest BCUT2D eigenvalue weighted by Gasteiger charge is 2.22. The average Bonchev–Trinajstić information content (AvgIpc) is 3.03. The predicted octanol–water partition coefficient (Wildman–Crippen LogP) is 8.95. The summed E-state index contributed by atoms with van der Waals surface area (Å²) in [5, 5.41) is 2.47. The maximum absolute atomic E-state index is 12.6. The number of nitrogens with zero attached hydrogens (tertiary/aromatic N) is 1. The summed E-state index contributed by atoms with van der Waals surface area (Å²) in [4.78, 5) is 25.8. The van der Waals surface area contributed by atoms with Crippen LogP contribution in [0.15, 0.2) is 59.1 Å². The summed E-state index contributed by atoms with van der Waals surface area (Å²) in [7, 11) is 1.68. The van der Waals surface area contributed by atoms with Crippen LogP contribution in [0, 0.1) is 0 Å².